The van der Waals surface area contributed by atoms with Crippen LogP contribution in [0.15, 0.2) is 15.0 Å². The van der Waals surface area contributed by atoms with Crippen molar-refractivity contribution in [3.05, 3.63) is 42.5 Å². The van der Waals surface area contributed by atoms with Gasteiger partial charge >= 0.3 is 5.69 Å². The molecule has 3 heterocycles. The van der Waals surface area contributed by atoms with Gasteiger partial charge in [-0.15, -0.1) is 11.3 Å². The number of nitriles is 1. The summed E-state index contributed by atoms with van der Waals surface area (Å²) in [5.74, 6) is 0.326. The summed E-state index contributed by atoms with van der Waals surface area (Å²) in [6, 6.07) is 1.72. The Bertz CT molecular complexity index is 936. The van der Waals surface area contributed by atoms with Crippen LogP contribution in [0, 0.1) is 18.3 Å². The molecular weight excluding hydrogens is 330 g/mol. The summed E-state index contributed by atoms with van der Waals surface area (Å²) in [5, 5.41) is 12.3. The van der Waals surface area contributed by atoms with Crippen LogP contribution in [0.25, 0.3) is 0 Å². The molecule has 2 aromatic rings. The number of hydrogen-bond acceptors (Lipinski definition) is 7. The molecule has 0 aromatic carbocycles. The minimum Gasteiger partial charge on any atom is -0.377 e. The van der Waals surface area contributed by atoms with E-state index in [4.69, 9.17) is 4.74 Å². The number of hydrogen-bond donors (Lipinski definition) is 0. The van der Waals surface area contributed by atoms with Gasteiger partial charge in [-0.05, 0) is 6.92 Å². The molecule has 1 fully saturated rings. The summed E-state index contributed by atoms with van der Waals surface area (Å²) < 4.78 is 7.86. The van der Waals surface area contributed by atoms with Gasteiger partial charge in [0.05, 0.1) is 13.2 Å². The van der Waals surface area contributed by atoms with Gasteiger partial charge in [0.15, 0.2) is 5.56 Å². The fraction of sp³-hybridized carbons (Fsp3) is 0.467. The molecule has 1 aliphatic heterocycles. The Morgan fingerprint density at radius 2 is 2.12 bits per heavy atom. The van der Waals surface area contributed by atoms with Gasteiger partial charge < -0.3 is 9.64 Å². The average molecular weight is 347 g/mol. The molecule has 0 radical (unpaired) electrons. The Morgan fingerprint density at radius 3 is 2.75 bits per heavy atom. The number of ether oxygens (including phenoxy) is 1. The molecule has 126 valence electrons. The monoisotopic (exact) mass is 347 g/mol. The molecule has 0 bridgehead atoms. The summed E-state index contributed by atoms with van der Waals surface area (Å²) in [7, 11) is 2.94. The summed E-state index contributed by atoms with van der Waals surface area (Å²) in [4.78, 5) is 31.0. The van der Waals surface area contributed by atoms with E-state index in [2.05, 4.69) is 4.98 Å². The van der Waals surface area contributed by atoms with Crippen molar-refractivity contribution in [2.45, 2.75) is 13.0 Å². The molecule has 3 rings (SSSR count). The minimum atomic E-state index is -0.587. The van der Waals surface area contributed by atoms with E-state index in [1.807, 2.05) is 23.3 Å². The molecule has 2 aromatic heterocycles. The van der Waals surface area contributed by atoms with E-state index in [-0.39, 0.29) is 11.6 Å². The van der Waals surface area contributed by atoms with Crippen LogP contribution in [0.4, 0.5) is 5.82 Å². The lowest BCUT2D eigenvalue weighted by molar-refractivity contribution is 0.0931. The van der Waals surface area contributed by atoms with Crippen LogP contribution >= 0.6 is 11.3 Å². The van der Waals surface area contributed by atoms with Gasteiger partial charge in [-0.3, -0.25) is 13.9 Å². The van der Waals surface area contributed by atoms with Gasteiger partial charge in [0.1, 0.15) is 22.9 Å². The molecule has 0 saturated carbocycles. The predicted molar refractivity (Wildman–Crippen MR) is 89.4 cm³/mol. The molecule has 24 heavy (non-hydrogen) atoms. The van der Waals surface area contributed by atoms with Gasteiger partial charge in [0.25, 0.3) is 5.56 Å². The summed E-state index contributed by atoms with van der Waals surface area (Å²) in [6.45, 7) is 3.22. The van der Waals surface area contributed by atoms with E-state index in [0.717, 1.165) is 15.3 Å². The Kier molecular flexibility index (Phi) is 4.26. The average Bonchev–Trinajstić information content (AvgIpc) is 3.02. The number of anilines is 1. The fourth-order valence-corrected chi connectivity index (χ4v) is 3.75. The van der Waals surface area contributed by atoms with Crippen molar-refractivity contribution >= 4 is 17.2 Å². The highest BCUT2D eigenvalue weighted by Gasteiger charge is 2.32. The Hall–Kier alpha value is -2.44. The van der Waals surface area contributed by atoms with Crippen molar-refractivity contribution in [1.82, 2.24) is 14.1 Å². The molecule has 0 aliphatic carbocycles. The minimum absolute atomic E-state index is 0.0419. The van der Waals surface area contributed by atoms with Crippen molar-refractivity contribution in [3.63, 3.8) is 0 Å². The standard InChI is InChI=1S/C15H17N5O3S/c1-9-8-24-12(17-9)11-7-23-5-4-20(11)13-10(6-16)14(21)19(3)15(22)18(13)2/h8,11H,4-5,7H2,1-3H3/t11-/m0/s1. The maximum Gasteiger partial charge on any atom is 0.332 e. The summed E-state index contributed by atoms with van der Waals surface area (Å²) in [6.07, 6.45) is 0. The Morgan fingerprint density at radius 1 is 1.38 bits per heavy atom. The lowest BCUT2D eigenvalue weighted by Crippen LogP contribution is -2.47. The zero-order valence-electron chi connectivity index (χ0n) is 13.6. The summed E-state index contributed by atoms with van der Waals surface area (Å²) >= 11 is 1.50. The first kappa shape index (κ1) is 16.4. The maximum absolute atomic E-state index is 12.3. The predicted octanol–water partition coefficient (Wildman–Crippen LogP) is 0.298. The van der Waals surface area contributed by atoms with Crippen LogP contribution in [0.5, 0.6) is 0 Å². The van der Waals surface area contributed by atoms with Crippen LogP contribution in [-0.4, -0.2) is 33.9 Å². The largest absolute Gasteiger partial charge is 0.377 e. The van der Waals surface area contributed by atoms with Gasteiger partial charge in [0, 0.05) is 31.7 Å². The molecule has 0 amide bonds. The molecule has 1 aliphatic rings. The molecule has 0 spiro atoms. The van der Waals surface area contributed by atoms with Crippen LogP contribution in [-0.2, 0) is 18.8 Å². The lowest BCUT2D eigenvalue weighted by atomic mass is 10.2. The number of aryl methyl sites for hydroxylation is 1. The second kappa shape index (κ2) is 6.22. The highest BCUT2D eigenvalue weighted by molar-refractivity contribution is 7.09. The van der Waals surface area contributed by atoms with E-state index in [0.29, 0.717) is 25.6 Å². The second-order valence-electron chi connectivity index (χ2n) is 5.63. The van der Waals surface area contributed by atoms with Crippen molar-refractivity contribution < 1.29 is 4.74 Å². The van der Waals surface area contributed by atoms with Crippen molar-refractivity contribution in [2.75, 3.05) is 24.7 Å². The van der Waals surface area contributed by atoms with Gasteiger partial charge in [-0.1, -0.05) is 0 Å². The maximum atomic E-state index is 12.3. The normalized spacial score (nSPS) is 17.8. The highest BCUT2D eigenvalue weighted by atomic mass is 32.1. The lowest BCUT2D eigenvalue weighted by Gasteiger charge is -2.37. The third kappa shape index (κ3) is 2.53. The third-order valence-corrected chi connectivity index (χ3v) is 5.13. The first-order valence-electron chi connectivity index (χ1n) is 7.42. The molecule has 1 atom stereocenters. The molecule has 8 nitrogen and oxygen atoms in total. The van der Waals surface area contributed by atoms with E-state index >= 15 is 0 Å². The van der Waals surface area contributed by atoms with Gasteiger partial charge in [-0.2, -0.15) is 5.26 Å². The smallest absolute Gasteiger partial charge is 0.332 e. The van der Waals surface area contributed by atoms with Gasteiger partial charge in [0.2, 0.25) is 0 Å². The van der Waals surface area contributed by atoms with Crippen molar-refractivity contribution in [2.24, 2.45) is 14.1 Å². The Labute approximate surface area is 142 Å². The van der Waals surface area contributed by atoms with Crippen LogP contribution in [0.1, 0.15) is 22.3 Å². The number of aromatic nitrogens is 3. The SMILES string of the molecule is Cc1csc([C@@H]2COCCN2c2c(C#N)c(=O)n(C)c(=O)n2C)n1. The van der Waals surface area contributed by atoms with E-state index in [1.54, 1.807) is 7.05 Å². The third-order valence-electron chi connectivity index (χ3n) is 4.07. The molecule has 1 saturated heterocycles. The number of thiazole rings is 1. The molecule has 9 heteroatoms. The van der Waals surface area contributed by atoms with Crippen LogP contribution in [0.3, 0.4) is 0 Å². The number of nitrogens with zero attached hydrogens (tertiary/aromatic N) is 5. The quantitative estimate of drug-likeness (QED) is 0.776. The fourth-order valence-electron chi connectivity index (χ4n) is 2.85. The number of morpholine rings is 1. The number of rotatable bonds is 2. The summed E-state index contributed by atoms with van der Waals surface area (Å²) in [5.41, 5.74) is -0.190. The van der Waals surface area contributed by atoms with E-state index < -0.39 is 11.2 Å². The topological polar surface area (TPSA) is 93.1 Å². The molecular formula is C15H17N5O3S. The molecule has 0 N–H and O–H groups in total. The van der Waals surface area contributed by atoms with Crippen molar-refractivity contribution in [1.29, 1.82) is 5.26 Å². The van der Waals surface area contributed by atoms with E-state index in [1.165, 1.54) is 23.0 Å². The first-order valence-corrected chi connectivity index (χ1v) is 8.30. The Balaban J connectivity index is 2.21. The zero-order chi connectivity index (χ0) is 17.4. The van der Waals surface area contributed by atoms with E-state index in [9.17, 15) is 14.9 Å². The first-order chi connectivity index (χ1) is 11.5. The van der Waals surface area contributed by atoms with Crippen LogP contribution < -0.4 is 16.1 Å². The highest BCUT2D eigenvalue weighted by Crippen LogP contribution is 2.31. The van der Waals surface area contributed by atoms with Crippen molar-refractivity contribution in [3.8, 4) is 6.07 Å². The second-order valence-corrected chi connectivity index (χ2v) is 6.52. The van der Waals surface area contributed by atoms with Crippen LogP contribution in [0.2, 0.25) is 0 Å². The van der Waals surface area contributed by atoms with Gasteiger partial charge in [-0.25, -0.2) is 9.78 Å². The zero-order valence-corrected chi connectivity index (χ0v) is 14.5. The molecule has 0 unspecified atom stereocenters.